The molecule has 5 rings (SSSR count). The second-order valence-electron chi connectivity index (χ2n) is 9.38. The maximum Gasteiger partial charge on any atom is 0.326 e. The maximum absolute atomic E-state index is 15.2. The van der Waals surface area contributed by atoms with Gasteiger partial charge in [0.25, 0.3) is 0 Å². The van der Waals surface area contributed by atoms with Gasteiger partial charge < -0.3 is 20.1 Å². The second kappa shape index (κ2) is 10.2. The molecule has 1 aromatic carbocycles. The van der Waals surface area contributed by atoms with Crippen molar-refractivity contribution in [3.8, 4) is 11.8 Å². The van der Waals surface area contributed by atoms with Gasteiger partial charge in [-0.3, -0.25) is 4.99 Å². The van der Waals surface area contributed by atoms with Crippen molar-refractivity contribution < 1.29 is 18.6 Å². The van der Waals surface area contributed by atoms with Crippen LogP contribution in [0.2, 0.25) is 0 Å². The van der Waals surface area contributed by atoms with Crippen molar-refractivity contribution in [1.82, 2.24) is 9.97 Å². The molecule has 0 radical (unpaired) electrons. The molecule has 0 amide bonds. The third kappa shape index (κ3) is 5.02. The van der Waals surface area contributed by atoms with Gasteiger partial charge in [-0.1, -0.05) is 23.8 Å². The minimum atomic E-state index is -0.630. The average molecular weight is 494 g/mol. The topological polar surface area (TPSA) is 82.9 Å². The number of fused-ring (bicyclic) bond motifs is 1. The molecule has 7 nitrogen and oxygen atoms in total. The van der Waals surface area contributed by atoms with Crippen LogP contribution in [0.25, 0.3) is 6.08 Å². The normalized spacial score (nSPS) is 17.8. The molecule has 3 heterocycles. The lowest BCUT2D eigenvalue weighted by molar-refractivity contribution is 0.202. The number of nitrogens with one attached hydrogen (secondary N) is 1. The molecule has 0 spiro atoms. The highest BCUT2D eigenvalue weighted by atomic mass is 19.1. The molecular formula is C27H29F2N5O2. The summed E-state index contributed by atoms with van der Waals surface area (Å²) in [6, 6.07) is 2.76. The van der Waals surface area contributed by atoms with Crippen LogP contribution in [0.3, 0.4) is 0 Å². The van der Waals surface area contributed by atoms with E-state index in [2.05, 4.69) is 25.2 Å². The average Bonchev–Trinajstić information content (AvgIpc) is 3.49. The summed E-state index contributed by atoms with van der Waals surface area (Å²) >= 11 is 0. The molecule has 0 atom stereocenters. The molecule has 1 aliphatic carbocycles. The van der Waals surface area contributed by atoms with Crippen LogP contribution >= 0.6 is 0 Å². The van der Waals surface area contributed by atoms with E-state index in [9.17, 15) is 9.50 Å². The van der Waals surface area contributed by atoms with Gasteiger partial charge >= 0.3 is 6.01 Å². The first kappa shape index (κ1) is 24.1. The summed E-state index contributed by atoms with van der Waals surface area (Å²) in [5.74, 6) is 0.550. The Morgan fingerprint density at radius 2 is 2.00 bits per heavy atom. The summed E-state index contributed by atoms with van der Waals surface area (Å²) in [6.45, 7) is 5.93. The molecule has 0 saturated carbocycles. The Labute approximate surface area is 208 Å². The van der Waals surface area contributed by atoms with Crippen LogP contribution in [0.4, 0.5) is 20.4 Å². The number of rotatable bonds is 6. The minimum absolute atomic E-state index is 0.0903. The van der Waals surface area contributed by atoms with Gasteiger partial charge in [0.05, 0.1) is 6.54 Å². The van der Waals surface area contributed by atoms with Crippen LogP contribution < -0.4 is 15.0 Å². The lowest BCUT2D eigenvalue weighted by Gasteiger charge is -2.32. The Hall–Kier alpha value is -3.59. The zero-order valence-corrected chi connectivity index (χ0v) is 20.4. The number of allylic oxidation sites excluding steroid dienone is 2. The quantitative estimate of drug-likeness (QED) is 0.587. The summed E-state index contributed by atoms with van der Waals surface area (Å²) in [6.07, 6.45) is 9.56. The third-order valence-corrected chi connectivity index (χ3v) is 6.65. The monoisotopic (exact) mass is 493 g/mol. The smallest absolute Gasteiger partial charge is 0.326 e. The van der Waals surface area contributed by atoms with Crippen molar-refractivity contribution in [2.24, 2.45) is 10.9 Å². The fraction of sp³-hybridized carbons (Fsp3) is 0.370. The van der Waals surface area contributed by atoms with Crippen LogP contribution in [-0.4, -0.2) is 47.2 Å². The molecule has 1 aromatic heterocycles. The van der Waals surface area contributed by atoms with E-state index in [1.54, 1.807) is 12.1 Å². The zero-order valence-electron chi connectivity index (χ0n) is 20.4. The highest BCUT2D eigenvalue weighted by Gasteiger charge is 2.25. The number of piperidine rings is 1. The van der Waals surface area contributed by atoms with Crippen LogP contribution in [0.5, 0.6) is 11.8 Å². The molecule has 2 aromatic rings. The maximum atomic E-state index is 15.2. The Bertz CT molecular complexity index is 1290. The number of halogens is 2. The number of aliphatic hydroxyl groups is 1. The van der Waals surface area contributed by atoms with Gasteiger partial charge in [0.1, 0.15) is 23.3 Å². The SMILES string of the molecule is C/C=C/C1=CC(Nc2cc(N3CCC(CO)CC3)nc(Oc3cc(F)c4c(c3F)C=C(C)C4)n2)=NC1. The molecule has 0 bridgehead atoms. The van der Waals surface area contributed by atoms with Gasteiger partial charge in [-0.2, -0.15) is 9.97 Å². The van der Waals surface area contributed by atoms with Crippen molar-refractivity contribution in [2.45, 2.75) is 33.1 Å². The summed E-state index contributed by atoms with van der Waals surface area (Å²) < 4.78 is 35.7. The number of hydrogen-bond donors (Lipinski definition) is 2. The molecule has 1 saturated heterocycles. The van der Waals surface area contributed by atoms with Crippen molar-refractivity contribution in [2.75, 3.05) is 36.5 Å². The Morgan fingerprint density at radius 3 is 2.75 bits per heavy atom. The van der Waals surface area contributed by atoms with Crippen molar-refractivity contribution >= 4 is 23.5 Å². The molecule has 2 aliphatic heterocycles. The molecular weight excluding hydrogens is 464 g/mol. The van der Waals surface area contributed by atoms with E-state index in [0.717, 1.165) is 30.1 Å². The van der Waals surface area contributed by atoms with Crippen molar-refractivity contribution in [3.05, 3.63) is 64.3 Å². The molecule has 2 N–H and O–H groups in total. The number of aliphatic imine (C=N–C) groups is 1. The summed E-state index contributed by atoms with van der Waals surface area (Å²) in [7, 11) is 0. The van der Waals surface area contributed by atoms with Gasteiger partial charge in [0.2, 0.25) is 0 Å². The highest BCUT2D eigenvalue weighted by Crippen LogP contribution is 2.36. The van der Waals surface area contributed by atoms with E-state index in [1.165, 1.54) is 0 Å². The van der Waals surface area contributed by atoms with Crippen LogP contribution in [0, 0.1) is 17.6 Å². The van der Waals surface area contributed by atoms with E-state index in [1.807, 2.05) is 32.1 Å². The Balaban J connectivity index is 1.46. The lowest BCUT2D eigenvalue weighted by atomic mass is 9.98. The van der Waals surface area contributed by atoms with Crippen molar-refractivity contribution in [3.63, 3.8) is 0 Å². The van der Waals surface area contributed by atoms with E-state index in [4.69, 9.17) is 4.74 Å². The van der Waals surface area contributed by atoms with Gasteiger partial charge in [0, 0.05) is 43.0 Å². The molecule has 0 unspecified atom stereocenters. The number of anilines is 2. The van der Waals surface area contributed by atoms with Crippen LogP contribution in [-0.2, 0) is 6.42 Å². The third-order valence-electron chi connectivity index (χ3n) is 6.65. The van der Waals surface area contributed by atoms with E-state index < -0.39 is 11.6 Å². The predicted molar refractivity (Wildman–Crippen MR) is 137 cm³/mol. The fourth-order valence-corrected chi connectivity index (χ4v) is 4.73. The van der Waals surface area contributed by atoms with E-state index in [-0.39, 0.29) is 29.8 Å². The summed E-state index contributed by atoms with van der Waals surface area (Å²) in [5, 5.41) is 12.7. The fourth-order valence-electron chi connectivity index (χ4n) is 4.73. The molecule has 9 heteroatoms. The number of aliphatic hydroxyl groups excluding tert-OH is 1. The molecule has 1 fully saturated rings. The van der Waals surface area contributed by atoms with Crippen molar-refractivity contribution in [1.29, 1.82) is 0 Å². The standard InChI is InChI=1S/C27H29F2N5O2/c1-3-4-18-11-23(30-14-18)31-24-13-25(34-7-5-17(15-35)6-8-34)33-27(32-24)36-22-12-21(28)19-9-16(2)10-20(19)26(22)29/h3-4,10-13,17,35H,5-9,14-15H2,1-2H3,(H,30,31,32,33)/b4-3+. The number of benzene rings is 1. The zero-order chi connectivity index (χ0) is 25.2. The van der Waals surface area contributed by atoms with E-state index >= 15 is 4.39 Å². The minimum Gasteiger partial charge on any atom is -0.421 e. The lowest BCUT2D eigenvalue weighted by Crippen LogP contribution is -2.35. The van der Waals surface area contributed by atoms with Gasteiger partial charge in [-0.05, 0) is 50.7 Å². The predicted octanol–water partition coefficient (Wildman–Crippen LogP) is 5.04. The van der Waals surface area contributed by atoms with Gasteiger partial charge in [-0.25, -0.2) is 8.78 Å². The Morgan fingerprint density at radius 1 is 1.19 bits per heavy atom. The molecule has 3 aliphatic rings. The summed E-state index contributed by atoms with van der Waals surface area (Å²) in [4.78, 5) is 15.5. The van der Waals surface area contributed by atoms with E-state index in [0.29, 0.717) is 49.1 Å². The second-order valence-corrected chi connectivity index (χ2v) is 9.38. The summed E-state index contributed by atoms with van der Waals surface area (Å²) in [5.41, 5.74) is 2.50. The Kier molecular flexibility index (Phi) is 6.82. The van der Waals surface area contributed by atoms with Gasteiger partial charge in [0.15, 0.2) is 11.6 Å². The van der Waals surface area contributed by atoms with Crippen LogP contribution in [0.1, 0.15) is 37.8 Å². The number of amidine groups is 1. The first-order chi connectivity index (χ1) is 17.4. The molecule has 36 heavy (non-hydrogen) atoms. The van der Waals surface area contributed by atoms with Gasteiger partial charge in [-0.15, -0.1) is 0 Å². The first-order valence-corrected chi connectivity index (χ1v) is 12.2. The number of nitrogens with zero attached hydrogens (tertiary/aromatic N) is 4. The van der Waals surface area contributed by atoms with Crippen LogP contribution in [0.15, 0.2) is 46.5 Å². The number of ether oxygens (including phenoxy) is 1. The highest BCUT2D eigenvalue weighted by molar-refractivity contribution is 6.05. The number of aromatic nitrogens is 2. The first-order valence-electron chi connectivity index (χ1n) is 12.2. The largest absolute Gasteiger partial charge is 0.421 e. The number of hydrogen-bond acceptors (Lipinski definition) is 7. The molecule has 188 valence electrons.